The van der Waals surface area contributed by atoms with Gasteiger partial charge in [0.15, 0.2) is 11.9 Å². The minimum Gasteiger partial charge on any atom is -0.484 e. The summed E-state index contributed by atoms with van der Waals surface area (Å²) in [4.78, 5) is 0. The lowest BCUT2D eigenvalue weighted by Gasteiger charge is -2.51. The van der Waals surface area contributed by atoms with Crippen LogP contribution in [0.2, 0.25) is 0 Å². The van der Waals surface area contributed by atoms with Crippen molar-refractivity contribution in [2.75, 3.05) is 19.6 Å². The van der Waals surface area contributed by atoms with Gasteiger partial charge >= 0.3 is 0 Å². The normalized spacial score (nSPS) is 25.1. The monoisotopic (exact) mass is 497 g/mol. The molecule has 4 aliphatic rings. The van der Waals surface area contributed by atoms with E-state index in [9.17, 15) is 4.39 Å². The fraction of sp³-hybridized carbons (Fsp3) is 0.323. The van der Waals surface area contributed by atoms with Gasteiger partial charge in [-0.3, -0.25) is 0 Å². The summed E-state index contributed by atoms with van der Waals surface area (Å²) in [6.45, 7) is 6.07. The summed E-state index contributed by atoms with van der Waals surface area (Å²) < 4.78 is 33.2. The average Bonchev–Trinajstić information content (AvgIpc) is 3.38. The van der Waals surface area contributed by atoms with Crippen LogP contribution in [0.15, 0.2) is 83.4 Å². The lowest BCUT2D eigenvalue weighted by atomic mass is 9.71. The molecule has 188 valence electrons. The molecule has 2 bridgehead atoms. The van der Waals surface area contributed by atoms with Crippen molar-refractivity contribution in [1.82, 2.24) is 5.16 Å². The lowest BCUT2D eigenvalue weighted by molar-refractivity contribution is -0.959. The van der Waals surface area contributed by atoms with Gasteiger partial charge in [0.2, 0.25) is 0 Å². The zero-order chi connectivity index (χ0) is 25.0. The van der Waals surface area contributed by atoms with Gasteiger partial charge in [-0.1, -0.05) is 47.6 Å². The first kappa shape index (κ1) is 22.5. The van der Waals surface area contributed by atoms with Gasteiger partial charge in [0.05, 0.1) is 24.2 Å². The van der Waals surface area contributed by atoms with Crippen molar-refractivity contribution in [3.05, 3.63) is 107 Å². The minimum atomic E-state index is -0.481. The number of nitrogens with zero attached hydrogens (tertiary/aromatic N) is 2. The first-order valence-electron chi connectivity index (χ1n) is 13.1. The van der Waals surface area contributed by atoms with Crippen LogP contribution in [-0.4, -0.2) is 35.4 Å². The van der Waals surface area contributed by atoms with E-state index in [2.05, 4.69) is 30.3 Å². The second kappa shape index (κ2) is 8.45. The van der Waals surface area contributed by atoms with Gasteiger partial charge in [-0.2, -0.15) is 0 Å². The molecule has 0 amide bonds. The number of rotatable bonds is 5. The third-order valence-corrected chi connectivity index (χ3v) is 8.76. The van der Waals surface area contributed by atoms with Crippen molar-refractivity contribution in [2.45, 2.75) is 37.8 Å². The Kier molecular flexibility index (Phi) is 5.15. The molecule has 0 N–H and O–H groups in total. The summed E-state index contributed by atoms with van der Waals surface area (Å²) in [5.41, 5.74) is 2.58. The number of para-hydroxylation sites is 2. The van der Waals surface area contributed by atoms with Crippen molar-refractivity contribution >= 4 is 0 Å². The van der Waals surface area contributed by atoms with Crippen LogP contribution in [0.4, 0.5) is 4.39 Å². The van der Waals surface area contributed by atoms with Gasteiger partial charge < -0.3 is 18.5 Å². The molecule has 1 aromatic heterocycles. The highest BCUT2D eigenvalue weighted by Gasteiger charge is 2.48. The molecule has 6 heteroatoms. The molecule has 8 rings (SSSR count). The van der Waals surface area contributed by atoms with Crippen LogP contribution in [0.5, 0.6) is 17.2 Å². The fourth-order valence-corrected chi connectivity index (χ4v) is 6.72. The maximum atomic E-state index is 13.7. The van der Waals surface area contributed by atoms with Gasteiger partial charge in [0.1, 0.15) is 36.2 Å². The summed E-state index contributed by atoms with van der Waals surface area (Å²) >= 11 is 0. The van der Waals surface area contributed by atoms with Crippen LogP contribution >= 0.6 is 0 Å². The maximum absolute atomic E-state index is 13.7. The predicted octanol–water partition coefficient (Wildman–Crippen LogP) is 6.46. The maximum Gasteiger partial charge on any atom is 0.191 e. The van der Waals surface area contributed by atoms with E-state index in [0.717, 1.165) is 77.6 Å². The van der Waals surface area contributed by atoms with Crippen molar-refractivity contribution < 1.29 is 22.9 Å². The molecule has 3 aromatic carbocycles. The van der Waals surface area contributed by atoms with Crippen LogP contribution < -0.4 is 9.47 Å². The average molecular weight is 498 g/mol. The molecule has 4 aliphatic heterocycles. The number of piperidine rings is 3. The Morgan fingerprint density at radius 2 is 1.65 bits per heavy atom. The summed E-state index contributed by atoms with van der Waals surface area (Å²) in [5.74, 6) is 3.46. The number of benzene rings is 3. The number of hydrogen-bond acceptors (Lipinski definition) is 4. The zero-order valence-electron chi connectivity index (χ0n) is 20.9. The highest BCUT2D eigenvalue weighted by Crippen LogP contribution is 2.51. The van der Waals surface area contributed by atoms with E-state index in [1.807, 2.05) is 42.5 Å². The molecule has 1 unspecified atom stereocenters. The number of fused-ring (bicyclic) bond motifs is 5. The van der Waals surface area contributed by atoms with Gasteiger partial charge in [0.25, 0.3) is 0 Å². The van der Waals surface area contributed by atoms with Crippen molar-refractivity contribution in [3.8, 4) is 17.2 Å². The number of halogens is 1. The lowest BCUT2D eigenvalue weighted by Crippen LogP contribution is -2.64. The van der Waals surface area contributed by atoms with Crippen molar-refractivity contribution in [1.29, 1.82) is 0 Å². The first-order chi connectivity index (χ1) is 18.0. The van der Waals surface area contributed by atoms with Crippen molar-refractivity contribution in [3.63, 3.8) is 0 Å². The molecule has 37 heavy (non-hydrogen) atoms. The second-order valence-electron chi connectivity index (χ2n) is 11.0. The summed E-state index contributed by atoms with van der Waals surface area (Å²) in [6.07, 6.45) is 2.30. The molecule has 1 atom stereocenters. The molecule has 0 radical (unpaired) electrons. The van der Waals surface area contributed by atoms with Crippen LogP contribution in [0.1, 0.15) is 42.3 Å². The minimum absolute atomic E-state index is 0.0819. The molecule has 5 heterocycles. The molecule has 3 saturated heterocycles. The SMILES string of the molecule is CC1(c2cc(C[N+]34CCC(CC3)C(Oc3cccc(F)c3)C4)on2)c2ccccc2Oc2ccccc21. The van der Waals surface area contributed by atoms with Crippen LogP contribution in [-0.2, 0) is 12.0 Å². The molecular weight excluding hydrogens is 467 g/mol. The highest BCUT2D eigenvalue weighted by molar-refractivity contribution is 5.61. The number of hydrogen-bond donors (Lipinski definition) is 0. The van der Waals surface area contributed by atoms with Gasteiger partial charge in [0, 0.05) is 42.0 Å². The Morgan fingerprint density at radius 3 is 2.35 bits per heavy atom. The third kappa shape index (κ3) is 3.74. The van der Waals surface area contributed by atoms with E-state index in [1.165, 1.54) is 12.1 Å². The van der Waals surface area contributed by atoms with Crippen LogP contribution in [0.3, 0.4) is 0 Å². The van der Waals surface area contributed by atoms with E-state index in [0.29, 0.717) is 11.7 Å². The molecular formula is C31H30FN2O3+. The Hall–Kier alpha value is -3.64. The number of aromatic nitrogens is 1. The van der Waals surface area contributed by atoms with E-state index >= 15 is 0 Å². The molecule has 0 spiro atoms. The van der Waals surface area contributed by atoms with Crippen LogP contribution in [0, 0.1) is 11.7 Å². The summed E-state index contributed by atoms with van der Waals surface area (Å²) in [7, 11) is 0. The Bertz CT molecular complexity index is 1410. The second-order valence-corrected chi connectivity index (χ2v) is 11.0. The highest BCUT2D eigenvalue weighted by atomic mass is 19.1. The Balaban J connectivity index is 1.18. The fourth-order valence-electron chi connectivity index (χ4n) is 6.72. The summed E-state index contributed by atoms with van der Waals surface area (Å²) in [5, 5.41) is 4.64. The molecule has 5 nitrogen and oxygen atoms in total. The number of ether oxygens (including phenoxy) is 2. The summed E-state index contributed by atoms with van der Waals surface area (Å²) in [6, 6.07) is 25.0. The van der Waals surface area contributed by atoms with E-state index < -0.39 is 5.41 Å². The predicted molar refractivity (Wildman–Crippen MR) is 137 cm³/mol. The van der Waals surface area contributed by atoms with Gasteiger partial charge in [-0.15, -0.1) is 0 Å². The van der Waals surface area contributed by atoms with E-state index in [4.69, 9.17) is 14.0 Å². The largest absolute Gasteiger partial charge is 0.484 e. The van der Waals surface area contributed by atoms with Crippen molar-refractivity contribution in [2.24, 2.45) is 5.92 Å². The van der Waals surface area contributed by atoms with E-state index in [-0.39, 0.29) is 11.9 Å². The van der Waals surface area contributed by atoms with E-state index in [1.54, 1.807) is 6.07 Å². The van der Waals surface area contributed by atoms with Crippen LogP contribution in [0.25, 0.3) is 0 Å². The Morgan fingerprint density at radius 1 is 0.946 bits per heavy atom. The topological polar surface area (TPSA) is 44.5 Å². The standard InChI is InChI=1S/C31H30FN2O3/c1-31(25-9-2-4-11-27(25)36-28-12-5-3-10-26(28)31)30-18-24(37-33-30)19-34-15-13-21(14-16-34)29(20-34)35-23-8-6-7-22(32)17-23/h2-12,17-18,21,29H,13-16,19-20H2,1H3/q+1. The molecule has 0 aliphatic carbocycles. The molecule has 4 aromatic rings. The smallest absolute Gasteiger partial charge is 0.191 e. The number of quaternary nitrogens is 1. The molecule has 3 fully saturated rings. The third-order valence-electron chi connectivity index (χ3n) is 8.76. The Labute approximate surface area is 216 Å². The van der Waals surface area contributed by atoms with Gasteiger partial charge in [-0.05, 0) is 31.2 Å². The molecule has 0 saturated carbocycles. The first-order valence-corrected chi connectivity index (χ1v) is 13.1. The quantitative estimate of drug-likeness (QED) is 0.297. The zero-order valence-corrected chi connectivity index (χ0v) is 20.9. The van der Waals surface area contributed by atoms with Gasteiger partial charge in [-0.25, -0.2) is 4.39 Å².